The topological polar surface area (TPSA) is 124 Å². The zero-order valence-corrected chi connectivity index (χ0v) is 19.0. The molecule has 1 atom stereocenters. The van der Waals surface area contributed by atoms with E-state index >= 15 is 0 Å². The Morgan fingerprint density at radius 1 is 1.26 bits per heavy atom. The lowest BCUT2D eigenvalue weighted by Gasteiger charge is -2.35. The number of hydrogen-bond acceptors (Lipinski definition) is 8. The van der Waals surface area contributed by atoms with Gasteiger partial charge in [-0.15, -0.1) is 0 Å². The molecule has 1 aliphatic heterocycles. The molecule has 2 aromatic heterocycles. The summed E-state index contributed by atoms with van der Waals surface area (Å²) in [5, 5.41) is 14.0. The third kappa shape index (κ3) is 6.92. The number of hydrogen-bond donors (Lipinski definition) is 1. The molecule has 0 radical (unpaired) electrons. The second kappa shape index (κ2) is 11.7. The van der Waals surface area contributed by atoms with Gasteiger partial charge in [0.25, 0.3) is 5.56 Å². The highest BCUT2D eigenvalue weighted by molar-refractivity contribution is 5.76. The Kier molecular flexibility index (Phi) is 8.64. The van der Waals surface area contributed by atoms with Crippen molar-refractivity contribution >= 4 is 11.7 Å². The average molecular weight is 494 g/mol. The van der Waals surface area contributed by atoms with Gasteiger partial charge < -0.3 is 19.3 Å². The van der Waals surface area contributed by atoms with Crippen LogP contribution in [0.1, 0.15) is 30.9 Å². The molecule has 2 aromatic rings. The van der Waals surface area contributed by atoms with Crippen LogP contribution < -0.4 is 15.2 Å². The molecule has 1 amide bonds. The van der Waals surface area contributed by atoms with Crippen molar-refractivity contribution < 1.29 is 27.4 Å². The first-order chi connectivity index (χ1) is 16.7. The van der Waals surface area contributed by atoms with Crippen LogP contribution in [-0.2, 0) is 15.7 Å². The number of H-pyrrole nitrogens is 1. The van der Waals surface area contributed by atoms with E-state index in [2.05, 4.69) is 10.1 Å². The Morgan fingerprint density at radius 3 is 2.60 bits per heavy atom. The third-order valence-corrected chi connectivity index (χ3v) is 5.45. The molecule has 35 heavy (non-hydrogen) atoms. The minimum absolute atomic E-state index is 0.0496. The Morgan fingerprint density at radius 2 is 2.00 bits per heavy atom. The van der Waals surface area contributed by atoms with Crippen molar-refractivity contribution in [1.82, 2.24) is 20.1 Å². The van der Waals surface area contributed by atoms with Crippen LogP contribution in [0.2, 0.25) is 0 Å². The predicted molar refractivity (Wildman–Crippen MR) is 118 cm³/mol. The zero-order chi connectivity index (χ0) is 25.4. The normalized spacial score (nSPS) is 14.9. The molecule has 1 saturated heterocycles. The van der Waals surface area contributed by atoms with Crippen molar-refractivity contribution in [2.24, 2.45) is 0 Å². The van der Waals surface area contributed by atoms with Gasteiger partial charge in [0.2, 0.25) is 5.91 Å². The van der Waals surface area contributed by atoms with E-state index in [1.54, 1.807) is 29.1 Å². The van der Waals surface area contributed by atoms with E-state index in [0.717, 1.165) is 12.0 Å². The predicted octanol–water partition coefficient (Wildman–Crippen LogP) is 1.97. The number of carbonyl (C=O) groups is 1. The Bertz CT molecular complexity index is 1090. The van der Waals surface area contributed by atoms with Gasteiger partial charge in [-0.1, -0.05) is 6.92 Å². The van der Waals surface area contributed by atoms with E-state index in [4.69, 9.17) is 14.7 Å². The first-order valence-corrected chi connectivity index (χ1v) is 11.0. The number of amides is 1. The number of nitrogens with one attached hydrogen (secondary N) is 1. The summed E-state index contributed by atoms with van der Waals surface area (Å²) in [7, 11) is 0. The van der Waals surface area contributed by atoms with Crippen LogP contribution in [0.15, 0.2) is 29.3 Å². The fourth-order valence-corrected chi connectivity index (χ4v) is 3.51. The Balaban J connectivity index is 1.42. The number of halogens is 3. The number of rotatable bonds is 9. The molecule has 3 rings (SSSR count). The largest absolute Gasteiger partial charge is 0.485 e. The lowest BCUT2D eigenvalue weighted by atomic mass is 10.2. The van der Waals surface area contributed by atoms with Crippen LogP contribution in [0.5, 0.6) is 5.75 Å². The number of nitrogens with zero attached hydrogens (tertiary/aromatic N) is 5. The Hall–Kier alpha value is -3.66. The fourth-order valence-electron chi connectivity index (χ4n) is 3.51. The third-order valence-electron chi connectivity index (χ3n) is 5.45. The van der Waals surface area contributed by atoms with Gasteiger partial charge in [-0.2, -0.15) is 23.5 Å². The first kappa shape index (κ1) is 26.0. The molecule has 1 fully saturated rings. The van der Waals surface area contributed by atoms with Crippen molar-refractivity contribution in [3.63, 3.8) is 0 Å². The van der Waals surface area contributed by atoms with Gasteiger partial charge >= 0.3 is 6.18 Å². The second-order valence-corrected chi connectivity index (χ2v) is 7.79. The highest BCUT2D eigenvalue weighted by atomic mass is 19.4. The van der Waals surface area contributed by atoms with Crippen LogP contribution in [-0.4, -0.2) is 71.5 Å². The lowest BCUT2D eigenvalue weighted by Crippen LogP contribution is -2.49. The minimum Gasteiger partial charge on any atom is -0.485 e. The van der Waals surface area contributed by atoms with Gasteiger partial charge in [0, 0.05) is 32.4 Å². The van der Waals surface area contributed by atoms with Crippen LogP contribution in [0.25, 0.3) is 0 Å². The van der Waals surface area contributed by atoms with E-state index < -0.39 is 29.2 Å². The smallest absolute Gasteiger partial charge is 0.425 e. The summed E-state index contributed by atoms with van der Waals surface area (Å²) >= 11 is 0. The molecule has 0 bridgehead atoms. The maximum Gasteiger partial charge on any atom is 0.425 e. The summed E-state index contributed by atoms with van der Waals surface area (Å²) in [5.74, 6) is -0.0127. The van der Waals surface area contributed by atoms with Crippen LogP contribution in [0.4, 0.5) is 19.0 Å². The summed E-state index contributed by atoms with van der Waals surface area (Å²) in [6.07, 6.45) is -2.89. The highest BCUT2D eigenvalue weighted by Gasteiger charge is 2.38. The van der Waals surface area contributed by atoms with E-state index in [1.807, 2.05) is 11.0 Å². The number of carbonyl (C=O) groups excluding carboxylic acids is 1. The van der Waals surface area contributed by atoms with Crippen LogP contribution in [0, 0.1) is 11.3 Å². The molecule has 0 aliphatic carbocycles. The molecule has 0 spiro atoms. The number of alkyl halides is 3. The highest BCUT2D eigenvalue weighted by Crippen LogP contribution is 2.33. The lowest BCUT2D eigenvalue weighted by molar-refractivity contribution is -0.141. The second-order valence-electron chi connectivity index (χ2n) is 7.79. The molecule has 0 aromatic carbocycles. The van der Waals surface area contributed by atoms with Gasteiger partial charge in [0.1, 0.15) is 18.0 Å². The summed E-state index contributed by atoms with van der Waals surface area (Å²) in [4.78, 5) is 32.1. The van der Waals surface area contributed by atoms with Crippen molar-refractivity contribution in [2.45, 2.75) is 32.0 Å². The van der Waals surface area contributed by atoms with Crippen molar-refractivity contribution in [3.05, 3.63) is 46.0 Å². The molecule has 1 N–H and O–H groups in total. The minimum atomic E-state index is -4.89. The number of aromatic nitrogens is 3. The molecule has 0 unspecified atom stereocenters. The standard InChI is InChI=1S/C22H25F3N6O4/c1-2-16(35-17-13-28-29-21(33)20(17)22(23,24)25)14-34-10-5-19(32)31-8-6-30(7-9-31)18-4-3-15(11-26)12-27-18/h3-4,12-13,16H,2,5-10,14H2,1H3,(H,29,33)/t16-/m0/s1. The van der Waals surface area contributed by atoms with E-state index in [9.17, 15) is 22.8 Å². The maximum absolute atomic E-state index is 13.2. The maximum atomic E-state index is 13.2. The van der Waals surface area contributed by atoms with Gasteiger partial charge in [-0.3, -0.25) is 9.59 Å². The summed E-state index contributed by atoms with van der Waals surface area (Å²) in [6, 6.07) is 5.49. The van der Waals surface area contributed by atoms with E-state index in [1.165, 1.54) is 6.20 Å². The van der Waals surface area contributed by atoms with E-state index in [-0.39, 0.29) is 25.5 Å². The Labute approximate surface area is 199 Å². The summed E-state index contributed by atoms with van der Waals surface area (Å²) in [5.41, 5.74) is -2.35. The van der Waals surface area contributed by atoms with E-state index in [0.29, 0.717) is 38.2 Å². The molecule has 13 heteroatoms. The zero-order valence-electron chi connectivity index (χ0n) is 19.0. The molecule has 10 nitrogen and oxygen atoms in total. The van der Waals surface area contributed by atoms with Gasteiger partial charge in [-0.25, -0.2) is 10.1 Å². The number of nitriles is 1. The fraction of sp³-hybridized carbons (Fsp3) is 0.500. The molecular formula is C22H25F3N6O4. The first-order valence-electron chi connectivity index (χ1n) is 11.0. The van der Waals surface area contributed by atoms with Crippen molar-refractivity contribution in [2.75, 3.05) is 44.3 Å². The number of piperazine rings is 1. The molecule has 1 aliphatic rings. The monoisotopic (exact) mass is 494 g/mol. The van der Waals surface area contributed by atoms with Crippen molar-refractivity contribution in [3.8, 4) is 11.8 Å². The number of pyridine rings is 1. The number of aromatic amines is 1. The summed E-state index contributed by atoms with van der Waals surface area (Å²) < 4.78 is 50.3. The number of ether oxygens (including phenoxy) is 2. The molecular weight excluding hydrogens is 469 g/mol. The van der Waals surface area contributed by atoms with Gasteiger partial charge in [-0.05, 0) is 18.6 Å². The molecule has 3 heterocycles. The quantitative estimate of drug-likeness (QED) is 0.525. The van der Waals surface area contributed by atoms with Crippen LogP contribution in [0.3, 0.4) is 0 Å². The number of anilines is 1. The summed E-state index contributed by atoms with van der Waals surface area (Å²) in [6.45, 7) is 3.96. The molecule has 0 saturated carbocycles. The van der Waals surface area contributed by atoms with Crippen LogP contribution >= 0.6 is 0 Å². The van der Waals surface area contributed by atoms with Gasteiger partial charge in [0.05, 0.1) is 31.4 Å². The molecule has 188 valence electrons. The van der Waals surface area contributed by atoms with Crippen molar-refractivity contribution in [1.29, 1.82) is 5.26 Å². The average Bonchev–Trinajstić information content (AvgIpc) is 2.85. The van der Waals surface area contributed by atoms with Gasteiger partial charge in [0.15, 0.2) is 11.3 Å². The SMILES string of the molecule is CC[C@@H](COCCC(=O)N1CCN(c2ccc(C#N)cn2)CC1)Oc1cn[nH]c(=O)c1C(F)(F)F.